The van der Waals surface area contributed by atoms with Crippen LogP contribution in [-0.4, -0.2) is 11.7 Å². The van der Waals surface area contributed by atoms with Crippen molar-refractivity contribution in [1.29, 1.82) is 5.26 Å². The van der Waals surface area contributed by atoms with Gasteiger partial charge in [-0.2, -0.15) is 5.26 Å². The molecule has 0 radical (unpaired) electrons. The lowest BCUT2D eigenvalue weighted by Gasteiger charge is -2.08. The third-order valence-corrected chi connectivity index (χ3v) is 1.39. The van der Waals surface area contributed by atoms with Gasteiger partial charge in [0.25, 0.3) is 0 Å². The van der Waals surface area contributed by atoms with Crippen molar-refractivity contribution in [1.82, 2.24) is 0 Å². The highest BCUT2D eigenvalue weighted by atomic mass is 16.6. The number of hydrogen-bond donors (Lipinski definition) is 1. The first kappa shape index (κ1) is 8.72. The molecule has 1 aromatic rings. The highest BCUT2D eigenvalue weighted by Crippen LogP contribution is 2.12. The molecule has 0 heterocycles. The lowest BCUT2D eigenvalue weighted by atomic mass is 10.2. The van der Waals surface area contributed by atoms with Crippen LogP contribution in [0.1, 0.15) is 11.9 Å². The van der Waals surface area contributed by atoms with Crippen LogP contribution in [-0.2, 0) is 4.74 Å². The third-order valence-electron chi connectivity index (χ3n) is 1.39. The molecule has 3 nitrogen and oxygen atoms in total. The Morgan fingerprint density at radius 2 is 2.08 bits per heavy atom. The van der Waals surface area contributed by atoms with Crippen LogP contribution in [0.5, 0.6) is 0 Å². The minimum absolute atomic E-state index is 0.101. The highest BCUT2D eigenvalue weighted by Gasteiger charge is 2.04. The Kier molecular flexibility index (Phi) is 3.27. The van der Waals surface area contributed by atoms with Crippen molar-refractivity contribution in [3.05, 3.63) is 35.9 Å². The van der Waals surface area contributed by atoms with Crippen molar-refractivity contribution >= 4 is 0 Å². The predicted molar refractivity (Wildman–Crippen MR) is 43.0 cm³/mol. The van der Waals surface area contributed by atoms with Gasteiger partial charge in [0.15, 0.2) is 6.29 Å². The van der Waals surface area contributed by atoms with Crippen molar-refractivity contribution < 1.29 is 9.84 Å². The third kappa shape index (κ3) is 2.35. The number of benzene rings is 1. The molecular weight excluding hydrogens is 154 g/mol. The van der Waals surface area contributed by atoms with Gasteiger partial charge in [0.2, 0.25) is 0 Å². The number of ether oxygens (including phenoxy) is 1. The van der Waals surface area contributed by atoms with Gasteiger partial charge in [0.1, 0.15) is 6.61 Å². The first-order chi connectivity index (χ1) is 5.84. The second kappa shape index (κ2) is 4.50. The number of nitriles is 1. The molecule has 0 aliphatic rings. The molecule has 0 aliphatic carbocycles. The van der Waals surface area contributed by atoms with Crippen LogP contribution in [0.4, 0.5) is 0 Å². The zero-order valence-electron chi connectivity index (χ0n) is 6.47. The van der Waals surface area contributed by atoms with Crippen LogP contribution in [0.25, 0.3) is 0 Å². The molecule has 1 unspecified atom stereocenters. The van der Waals surface area contributed by atoms with Crippen LogP contribution < -0.4 is 0 Å². The van der Waals surface area contributed by atoms with Gasteiger partial charge in [-0.1, -0.05) is 30.3 Å². The molecule has 1 N–H and O–H groups in total. The van der Waals surface area contributed by atoms with Gasteiger partial charge < -0.3 is 9.84 Å². The molecule has 3 heteroatoms. The van der Waals surface area contributed by atoms with E-state index in [1.165, 1.54) is 0 Å². The van der Waals surface area contributed by atoms with Gasteiger partial charge in [0.05, 0.1) is 6.07 Å². The van der Waals surface area contributed by atoms with Gasteiger partial charge in [-0.25, -0.2) is 0 Å². The molecule has 12 heavy (non-hydrogen) atoms. The summed E-state index contributed by atoms with van der Waals surface area (Å²) in [7, 11) is 0. The topological polar surface area (TPSA) is 53.2 Å². The van der Waals surface area contributed by atoms with Gasteiger partial charge in [0, 0.05) is 5.56 Å². The molecule has 0 amide bonds. The van der Waals surface area contributed by atoms with Crippen molar-refractivity contribution in [2.75, 3.05) is 6.61 Å². The summed E-state index contributed by atoms with van der Waals surface area (Å²) in [5.41, 5.74) is 0.660. The molecule has 62 valence electrons. The van der Waals surface area contributed by atoms with Crippen molar-refractivity contribution in [3.8, 4) is 6.07 Å². The Morgan fingerprint density at radius 3 is 2.67 bits per heavy atom. The second-order valence-corrected chi connectivity index (χ2v) is 2.23. The van der Waals surface area contributed by atoms with Crippen LogP contribution in [0, 0.1) is 11.3 Å². The van der Waals surface area contributed by atoms with Crippen molar-refractivity contribution in [3.63, 3.8) is 0 Å². The maximum absolute atomic E-state index is 9.28. The zero-order chi connectivity index (χ0) is 8.81. The van der Waals surface area contributed by atoms with Gasteiger partial charge in [-0.3, -0.25) is 0 Å². The Labute approximate surface area is 70.8 Å². The summed E-state index contributed by atoms with van der Waals surface area (Å²) in [6.45, 7) is -0.101. The predicted octanol–water partition coefficient (Wildman–Crippen LogP) is 1.22. The average Bonchev–Trinajstić information content (AvgIpc) is 2.15. The van der Waals surface area contributed by atoms with Gasteiger partial charge in [-0.05, 0) is 0 Å². The fourth-order valence-electron chi connectivity index (χ4n) is 0.830. The van der Waals surface area contributed by atoms with E-state index >= 15 is 0 Å². The van der Waals surface area contributed by atoms with E-state index in [-0.39, 0.29) is 6.61 Å². The fraction of sp³-hybridized carbons (Fsp3) is 0.222. The Balaban J connectivity index is 2.55. The molecule has 1 atom stereocenters. The molecule has 0 spiro atoms. The summed E-state index contributed by atoms with van der Waals surface area (Å²) in [6, 6.07) is 10.7. The summed E-state index contributed by atoms with van der Waals surface area (Å²) in [5.74, 6) is 0. The molecule has 0 aromatic heterocycles. The van der Waals surface area contributed by atoms with Crippen LogP contribution in [0.3, 0.4) is 0 Å². The lowest BCUT2D eigenvalue weighted by molar-refractivity contribution is -0.0906. The summed E-state index contributed by atoms with van der Waals surface area (Å²) in [5, 5.41) is 17.5. The first-order valence-electron chi connectivity index (χ1n) is 3.56. The second-order valence-electron chi connectivity index (χ2n) is 2.23. The van der Waals surface area contributed by atoms with E-state index in [2.05, 4.69) is 0 Å². The zero-order valence-corrected chi connectivity index (χ0v) is 6.47. The standard InChI is InChI=1S/C9H9NO2/c10-6-7-12-9(11)8-4-2-1-3-5-8/h1-5,9,11H,7H2. The van der Waals surface area contributed by atoms with Crippen LogP contribution in [0.2, 0.25) is 0 Å². The molecular formula is C9H9NO2. The summed E-state index contributed by atoms with van der Waals surface area (Å²) in [4.78, 5) is 0. The number of aliphatic hydroxyl groups is 1. The maximum Gasteiger partial charge on any atom is 0.182 e. The molecule has 1 rings (SSSR count). The van der Waals surface area contributed by atoms with E-state index in [4.69, 9.17) is 10.00 Å². The lowest BCUT2D eigenvalue weighted by Crippen LogP contribution is -2.02. The Bertz CT molecular complexity index is 266. The van der Waals surface area contributed by atoms with Crippen molar-refractivity contribution in [2.45, 2.75) is 6.29 Å². The molecule has 0 bridgehead atoms. The SMILES string of the molecule is N#CCOC(O)c1ccccc1. The van der Waals surface area contributed by atoms with E-state index in [0.29, 0.717) is 5.56 Å². The van der Waals surface area contributed by atoms with Gasteiger partial charge in [-0.15, -0.1) is 0 Å². The highest BCUT2D eigenvalue weighted by molar-refractivity contribution is 5.15. The molecule has 0 fully saturated rings. The fourth-order valence-corrected chi connectivity index (χ4v) is 0.830. The maximum atomic E-state index is 9.28. The number of hydrogen-bond acceptors (Lipinski definition) is 3. The van der Waals surface area contributed by atoms with E-state index in [9.17, 15) is 5.11 Å². The summed E-state index contributed by atoms with van der Waals surface area (Å²) < 4.78 is 4.77. The minimum atomic E-state index is -0.995. The quantitative estimate of drug-likeness (QED) is 0.681. The Morgan fingerprint density at radius 1 is 1.42 bits per heavy atom. The van der Waals surface area contributed by atoms with E-state index in [1.54, 1.807) is 30.3 Å². The minimum Gasteiger partial charge on any atom is -0.364 e. The molecule has 0 saturated heterocycles. The number of rotatable bonds is 3. The number of aliphatic hydroxyl groups excluding tert-OH is 1. The average molecular weight is 163 g/mol. The monoisotopic (exact) mass is 163 g/mol. The van der Waals surface area contributed by atoms with Crippen LogP contribution in [0.15, 0.2) is 30.3 Å². The summed E-state index contributed by atoms with van der Waals surface area (Å²) >= 11 is 0. The van der Waals surface area contributed by atoms with Crippen molar-refractivity contribution in [2.24, 2.45) is 0 Å². The smallest absolute Gasteiger partial charge is 0.182 e. The largest absolute Gasteiger partial charge is 0.364 e. The molecule has 0 aliphatic heterocycles. The van der Waals surface area contributed by atoms with Crippen LogP contribution >= 0.6 is 0 Å². The first-order valence-corrected chi connectivity index (χ1v) is 3.56. The van der Waals surface area contributed by atoms with E-state index in [0.717, 1.165) is 0 Å². The van der Waals surface area contributed by atoms with Gasteiger partial charge >= 0.3 is 0 Å². The Hall–Kier alpha value is -1.37. The van der Waals surface area contributed by atoms with E-state index < -0.39 is 6.29 Å². The summed E-state index contributed by atoms with van der Waals surface area (Å²) in [6.07, 6.45) is -0.995. The molecule has 1 aromatic carbocycles. The molecule has 0 saturated carbocycles. The normalized spacial score (nSPS) is 12.0. The van der Waals surface area contributed by atoms with E-state index in [1.807, 2.05) is 6.07 Å². The number of nitrogens with zero attached hydrogens (tertiary/aromatic N) is 1.